The van der Waals surface area contributed by atoms with E-state index in [1.807, 2.05) is 45.8 Å². The van der Waals surface area contributed by atoms with Gasteiger partial charge in [-0.3, -0.25) is 19.4 Å². The van der Waals surface area contributed by atoms with Gasteiger partial charge < -0.3 is 31.5 Å². The van der Waals surface area contributed by atoms with Crippen molar-refractivity contribution in [3.63, 3.8) is 0 Å². The molecular formula is C39H45BrCl4F6N14O2. The summed E-state index contributed by atoms with van der Waals surface area (Å²) in [5.74, 6) is 1.35. The van der Waals surface area contributed by atoms with Crippen LogP contribution in [0.3, 0.4) is 0 Å². The van der Waals surface area contributed by atoms with Gasteiger partial charge in [0.15, 0.2) is 11.6 Å². The molecule has 7 rings (SSSR count). The van der Waals surface area contributed by atoms with Gasteiger partial charge in [0.2, 0.25) is 11.9 Å². The van der Waals surface area contributed by atoms with E-state index in [2.05, 4.69) is 66.1 Å². The number of anilines is 5. The van der Waals surface area contributed by atoms with E-state index < -0.39 is 19.3 Å². The number of nitrogen functional groups attached to an aromatic ring is 2. The molecule has 3 aromatic heterocycles. The predicted molar refractivity (Wildman–Crippen MR) is 249 cm³/mol. The van der Waals surface area contributed by atoms with Crippen molar-refractivity contribution in [2.75, 3.05) is 118 Å². The molecule has 0 atom stereocenters. The zero-order valence-corrected chi connectivity index (χ0v) is 39.9. The van der Waals surface area contributed by atoms with E-state index in [4.69, 9.17) is 57.9 Å². The molecule has 2 fully saturated rings. The molecule has 0 saturated carbocycles. The van der Waals surface area contributed by atoms with Gasteiger partial charge in [-0.2, -0.15) is 9.97 Å². The Bertz CT molecular complexity index is 2260. The minimum absolute atomic E-state index is 0.162. The number of pyridine rings is 1. The van der Waals surface area contributed by atoms with Gasteiger partial charge >= 0.3 is 12.7 Å². The predicted octanol–water partition coefficient (Wildman–Crippen LogP) is 7.99. The standard InChI is InChI=1S/C16H17Cl2F3N6O.C13H14Cl2N6.C7H10N2.C3H4BrF3O/c17-11-3-1-2-10(12(11)18)13-14(22)23-15(25-24-13)27-6-4-26(5-7-27)8-9-28-16(19,20)21;14-9-3-1-2-8(10(9)15)11-12(16)18-13(20-19-11)21-6-4-17-5-7-21;1-9(2)7-3-5-8-6-4-7;4-1-2-8-3(5,6)7/h1-3H,4-9H2,(H2,22,23,25);1-3,17H,4-7H2,(H2,16,18,20);3-6H,1-2H3;1-2H2. The van der Waals surface area contributed by atoms with Crippen molar-refractivity contribution < 1.29 is 35.8 Å². The molecule has 5 heterocycles. The van der Waals surface area contributed by atoms with Crippen molar-refractivity contribution >= 4 is 91.6 Å². The van der Waals surface area contributed by atoms with E-state index in [0.29, 0.717) is 86.5 Å². The number of nitrogens with two attached hydrogens (primary N) is 2. The molecule has 360 valence electrons. The van der Waals surface area contributed by atoms with Crippen LogP contribution in [0.2, 0.25) is 20.1 Å². The first-order chi connectivity index (χ1) is 31.3. The zero-order valence-electron chi connectivity index (χ0n) is 35.3. The molecule has 0 spiro atoms. The summed E-state index contributed by atoms with van der Waals surface area (Å²) in [5, 5.41) is 21.6. The molecule has 0 unspecified atom stereocenters. The van der Waals surface area contributed by atoms with Crippen molar-refractivity contribution in [2.45, 2.75) is 12.7 Å². The number of halogens is 11. The third kappa shape index (κ3) is 17.7. The zero-order chi connectivity index (χ0) is 48.4. The number of hydrogen-bond donors (Lipinski definition) is 3. The summed E-state index contributed by atoms with van der Waals surface area (Å²) < 4.78 is 76.2. The number of alkyl halides is 7. The lowest BCUT2D eigenvalue weighted by Gasteiger charge is -2.34. The molecule has 16 nitrogen and oxygen atoms in total. The number of rotatable bonds is 10. The number of aromatic nitrogens is 7. The van der Waals surface area contributed by atoms with Gasteiger partial charge in [-0.05, 0) is 24.3 Å². The Labute approximate surface area is 405 Å². The molecule has 27 heteroatoms. The van der Waals surface area contributed by atoms with Crippen LogP contribution in [0.1, 0.15) is 0 Å². The second kappa shape index (κ2) is 26.3. The van der Waals surface area contributed by atoms with Crippen LogP contribution in [-0.4, -0.2) is 145 Å². The lowest BCUT2D eigenvalue weighted by molar-refractivity contribution is -0.325. The van der Waals surface area contributed by atoms with Crippen LogP contribution in [0.25, 0.3) is 22.5 Å². The van der Waals surface area contributed by atoms with Crippen molar-refractivity contribution in [3.8, 4) is 22.5 Å². The van der Waals surface area contributed by atoms with Crippen LogP contribution in [0, 0.1) is 0 Å². The van der Waals surface area contributed by atoms with Crippen molar-refractivity contribution in [1.82, 2.24) is 45.6 Å². The lowest BCUT2D eigenvalue weighted by atomic mass is 10.1. The maximum atomic E-state index is 12.0. The monoisotopic (exact) mass is 1070 g/mol. The van der Waals surface area contributed by atoms with Gasteiger partial charge in [0.25, 0.3) is 0 Å². The second-order valence-electron chi connectivity index (χ2n) is 13.8. The smallest absolute Gasteiger partial charge is 0.382 e. The first-order valence-corrected chi connectivity index (χ1v) is 22.3. The van der Waals surface area contributed by atoms with E-state index in [9.17, 15) is 26.3 Å². The van der Waals surface area contributed by atoms with E-state index in [1.165, 1.54) is 5.69 Å². The minimum atomic E-state index is -4.60. The van der Waals surface area contributed by atoms with Gasteiger partial charge in [0.1, 0.15) is 11.4 Å². The molecule has 2 saturated heterocycles. The number of benzene rings is 2. The fourth-order valence-electron chi connectivity index (χ4n) is 5.81. The molecule has 0 radical (unpaired) electrons. The Balaban J connectivity index is 0.000000218. The molecule has 5 aromatic rings. The summed E-state index contributed by atoms with van der Waals surface area (Å²) in [6.07, 6.45) is -5.51. The fraction of sp³-hybridized carbons (Fsp3) is 0.410. The quantitative estimate of drug-likeness (QED) is 0.0902. The molecule has 0 amide bonds. The fourth-order valence-corrected chi connectivity index (χ4v) is 6.75. The summed E-state index contributed by atoms with van der Waals surface area (Å²) in [7, 11) is 4.02. The Morgan fingerprint density at radius 2 is 1.12 bits per heavy atom. The summed E-state index contributed by atoms with van der Waals surface area (Å²) in [4.78, 5) is 20.4. The Hall–Kier alpha value is -4.33. The number of ether oxygens (including phenoxy) is 2. The third-order valence-electron chi connectivity index (χ3n) is 9.07. The third-order valence-corrected chi connectivity index (χ3v) is 11.0. The minimum Gasteiger partial charge on any atom is -0.382 e. The topological polar surface area (TPSA) is 186 Å². The van der Waals surface area contributed by atoms with Gasteiger partial charge in [0.05, 0.1) is 33.3 Å². The van der Waals surface area contributed by atoms with Crippen LogP contribution >= 0.6 is 62.3 Å². The van der Waals surface area contributed by atoms with Crippen LogP contribution < -0.4 is 31.5 Å². The highest BCUT2D eigenvalue weighted by Gasteiger charge is 2.30. The summed E-state index contributed by atoms with van der Waals surface area (Å²) in [5.41, 5.74) is 15.2. The normalized spacial score (nSPS) is 14.3. The van der Waals surface area contributed by atoms with Crippen LogP contribution in [0.4, 0.5) is 55.6 Å². The maximum Gasteiger partial charge on any atom is 0.522 e. The molecule has 2 aliphatic rings. The van der Waals surface area contributed by atoms with Gasteiger partial charge in [-0.1, -0.05) is 86.6 Å². The van der Waals surface area contributed by atoms with E-state index in [0.717, 1.165) is 26.2 Å². The maximum absolute atomic E-state index is 12.0. The number of nitrogens with zero attached hydrogens (tertiary/aromatic N) is 11. The average molecular weight is 1080 g/mol. The molecular weight excluding hydrogens is 1030 g/mol. The summed E-state index contributed by atoms with van der Waals surface area (Å²) in [6.45, 7) is 5.08. The van der Waals surface area contributed by atoms with Crippen LogP contribution in [0.5, 0.6) is 0 Å². The highest BCUT2D eigenvalue weighted by molar-refractivity contribution is 9.09. The van der Waals surface area contributed by atoms with Gasteiger partial charge in [-0.25, -0.2) is 0 Å². The Morgan fingerprint density at radius 1 is 0.667 bits per heavy atom. The first kappa shape index (κ1) is 54.3. The van der Waals surface area contributed by atoms with Crippen LogP contribution in [-0.2, 0) is 9.47 Å². The number of nitrogens with one attached hydrogen (secondary N) is 1. The van der Waals surface area contributed by atoms with Gasteiger partial charge in [-0.15, -0.1) is 46.7 Å². The van der Waals surface area contributed by atoms with Crippen molar-refractivity contribution in [1.29, 1.82) is 0 Å². The molecule has 0 bridgehead atoms. The molecule has 66 heavy (non-hydrogen) atoms. The highest BCUT2D eigenvalue weighted by atomic mass is 79.9. The van der Waals surface area contributed by atoms with E-state index in [1.54, 1.807) is 48.8 Å². The molecule has 2 aliphatic heterocycles. The Morgan fingerprint density at radius 3 is 1.52 bits per heavy atom. The molecule has 0 aliphatic carbocycles. The highest BCUT2D eigenvalue weighted by Crippen LogP contribution is 2.36. The summed E-state index contributed by atoms with van der Waals surface area (Å²) in [6, 6.07) is 14.3. The SMILES string of the molecule is CN(C)c1ccncc1.FC(F)(F)OCCBr.Nc1nc(N2CCN(CCOC(F)(F)F)CC2)nnc1-c1cccc(Cl)c1Cl.Nc1nc(N2CCNCC2)nnc1-c1cccc(Cl)c1Cl. The largest absolute Gasteiger partial charge is 0.522 e. The van der Waals surface area contributed by atoms with E-state index in [-0.39, 0.29) is 24.3 Å². The van der Waals surface area contributed by atoms with Gasteiger partial charge in [0, 0.05) is 108 Å². The second-order valence-corrected chi connectivity index (χ2v) is 16.2. The molecule has 2 aromatic carbocycles. The molecule has 5 N–H and O–H groups in total. The first-order valence-electron chi connectivity index (χ1n) is 19.6. The van der Waals surface area contributed by atoms with Crippen molar-refractivity contribution in [2.24, 2.45) is 0 Å². The van der Waals surface area contributed by atoms with E-state index >= 15 is 0 Å². The lowest BCUT2D eigenvalue weighted by Crippen LogP contribution is -2.48. The Kier molecular flexibility index (Phi) is 21.6. The number of hydrogen-bond acceptors (Lipinski definition) is 16. The van der Waals surface area contributed by atoms with Crippen LogP contribution in [0.15, 0.2) is 60.9 Å². The summed E-state index contributed by atoms with van der Waals surface area (Å²) >= 11 is 27.2. The average Bonchev–Trinajstić information content (AvgIpc) is 3.28. The number of piperazine rings is 2. The van der Waals surface area contributed by atoms with Crippen molar-refractivity contribution in [3.05, 3.63) is 81.0 Å².